The number of carbonyl (C=O) groups excluding carboxylic acids is 1. The monoisotopic (exact) mass is 375 g/mol. The molecule has 2 aliphatic rings. The van der Waals surface area contributed by atoms with E-state index >= 15 is 0 Å². The van der Waals surface area contributed by atoms with Crippen molar-refractivity contribution in [1.82, 2.24) is 9.21 Å². The molecule has 26 heavy (non-hydrogen) atoms. The Morgan fingerprint density at radius 1 is 1.08 bits per heavy atom. The smallest absolute Gasteiger partial charge is 0.243 e. The van der Waals surface area contributed by atoms with Gasteiger partial charge in [0.1, 0.15) is 0 Å². The molecule has 0 N–H and O–H groups in total. The molecule has 2 fully saturated rings. The fourth-order valence-corrected chi connectivity index (χ4v) is 5.24. The third kappa shape index (κ3) is 4.25. The van der Waals surface area contributed by atoms with E-state index < -0.39 is 10.0 Å². The van der Waals surface area contributed by atoms with Gasteiger partial charge in [-0.15, -0.1) is 0 Å². The van der Waals surface area contributed by atoms with Crippen LogP contribution in [0.15, 0.2) is 29.2 Å². The van der Waals surface area contributed by atoms with Crippen molar-refractivity contribution in [3.8, 4) is 6.07 Å². The molecule has 1 saturated heterocycles. The zero-order chi connectivity index (χ0) is 18.6. The highest BCUT2D eigenvalue weighted by Gasteiger charge is 2.30. The molecule has 1 aromatic carbocycles. The third-order valence-corrected chi connectivity index (χ3v) is 7.37. The van der Waals surface area contributed by atoms with Gasteiger partial charge in [-0.3, -0.25) is 4.79 Å². The molecule has 1 aromatic rings. The van der Waals surface area contributed by atoms with Crippen molar-refractivity contribution in [2.75, 3.05) is 26.2 Å². The van der Waals surface area contributed by atoms with Crippen molar-refractivity contribution < 1.29 is 13.2 Å². The van der Waals surface area contributed by atoms with E-state index in [4.69, 9.17) is 5.26 Å². The molecule has 140 valence electrons. The van der Waals surface area contributed by atoms with Crippen LogP contribution < -0.4 is 0 Å². The van der Waals surface area contributed by atoms with Crippen molar-refractivity contribution in [2.24, 2.45) is 5.92 Å². The third-order valence-electron chi connectivity index (χ3n) is 5.45. The van der Waals surface area contributed by atoms with Crippen LogP contribution in [0.5, 0.6) is 0 Å². The number of benzene rings is 1. The predicted octanol–water partition coefficient (Wildman–Crippen LogP) is 2.36. The molecule has 7 heteroatoms. The highest BCUT2D eigenvalue weighted by Crippen LogP contribution is 2.29. The number of amides is 1. The lowest BCUT2D eigenvalue weighted by atomic mass is 10.0. The van der Waals surface area contributed by atoms with Gasteiger partial charge in [-0.25, -0.2) is 8.42 Å². The summed E-state index contributed by atoms with van der Waals surface area (Å²) in [6.07, 6.45) is 6.58. The lowest BCUT2D eigenvalue weighted by Crippen LogP contribution is -2.50. The normalized spacial score (nSPS) is 19.4. The van der Waals surface area contributed by atoms with E-state index in [2.05, 4.69) is 0 Å². The van der Waals surface area contributed by atoms with Crippen molar-refractivity contribution in [3.63, 3.8) is 0 Å². The van der Waals surface area contributed by atoms with Crippen LogP contribution in [-0.4, -0.2) is 49.7 Å². The summed E-state index contributed by atoms with van der Waals surface area (Å²) in [6, 6.07) is 7.93. The van der Waals surface area contributed by atoms with E-state index in [0.717, 1.165) is 6.42 Å². The quantitative estimate of drug-likeness (QED) is 0.791. The van der Waals surface area contributed by atoms with Gasteiger partial charge >= 0.3 is 0 Å². The van der Waals surface area contributed by atoms with Crippen LogP contribution in [0.2, 0.25) is 0 Å². The van der Waals surface area contributed by atoms with E-state index in [0.29, 0.717) is 44.1 Å². The summed E-state index contributed by atoms with van der Waals surface area (Å²) in [5, 5.41) is 8.83. The minimum absolute atomic E-state index is 0.146. The Morgan fingerprint density at radius 2 is 1.69 bits per heavy atom. The van der Waals surface area contributed by atoms with Gasteiger partial charge in [-0.2, -0.15) is 9.57 Å². The first kappa shape index (κ1) is 18.9. The number of rotatable bonds is 5. The first-order valence-electron chi connectivity index (χ1n) is 9.29. The van der Waals surface area contributed by atoms with Crippen LogP contribution in [0.3, 0.4) is 0 Å². The van der Waals surface area contributed by atoms with Gasteiger partial charge in [-0.1, -0.05) is 25.7 Å². The number of hydrogen-bond acceptors (Lipinski definition) is 4. The average molecular weight is 375 g/mol. The Morgan fingerprint density at radius 3 is 2.27 bits per heavy atom. The zero-order valence-corrected chi connectivity index (χ0v) is 15.7. The first-order valence-corrected chi connectivity index (χ1v) is 10.7. The van der Waals surface area contributed by atoms with Crippen molar-refractivity contribution in [1.29, 1.82) is 5.26 Å². The maximum Gasteiger partial charge on any atom is 0.243 e. The van der Waals surface area contributed by atoms with Gasteiger partial charge in [0.15, 0.2) is 0 Å². The highest BCUT2D eigenvalue weighted by atomic mass is 32.2. The SMILES string of the molecule is N#Cc1ccc(S(=O)(=O)N2CCN(C(=O)CCC3CCCC3)CC2)cc1. The number of piperazine rings is 1. The molecular weight excluding hydrogens is 350 g/mol. The van der Waals surface area contributed by atoms with Crippen molar-refractivity contribution >= 4 is 15.9 Å². The molecule has 0 aromatic heterocycles. The number of sulfonamides is 1. The second kappa shape index (κ2) is 8.19. The molecule has 0 spiro atoms. The summed E-state index contributed by atoms with van der Waals surface area (Å²) in [4.78, 5) is 14.4. The van der Waals surface area contributed by atoms with Gasteiger partial charge in [0.2, 0.25) is 15.9 Å². The van der Waals surface area contributed by atoms with Crippen LogP contribution in [0.1, 0.15) is 44.1 Å². The summed E-state index contributed by atoms with van der Waals surface area (Å²) in [6.45, 7) is 1.52. The van der Waals surface area contributed by atoms with Gasteiger partial charge in [0.25, 0.3) is 0 Å². The Hall–Kier alpha value is -1.91. The van der Waals surface area contributed by atoms with E-state index in [9.17, 15) is 13.2 Å². The first-order chi connectivity index (χ1) is 12.5. The predicted molar refractivity (Wildman–Crippen MR) is 97.7 cm³/mol. The molecule has 0 atom stereocenters. The summed E-state index contributed by atoms with van der Waals surface area (Å²) < 4.78 is 26.8. The Bertz CT molecular complexity index is 769. The van der Waals surface area contributed by atoms with Crippen LogP contribution in [0.25, 0.3) is 0 Å². The lowest BCUT2D eigenvalue weighted by Gasteiger charge is -2.34. The molecule has 1 saturated carbocycles. The molecule has 0 unspecified atom stereocenters. The summed E-state index contributed by atoms with van der Waals surface area (Å²) in [5.74, 6) is 0.837. The molecular formula is C19H25N3O3S. The highest BCUT2D eigenvalue weighted by molar-refractivity contribution is 7.89. The number of hydrogen-bond donors (Lipinski definition) is 0. The standard InChI is InChI=1S/C19H25N3O3S/c20-15-17-5-8-18(9-6-17)26(24,25)22-13-11-21(12-14-22)19(23)10-7-16-3-1-2-4-16/h5-6,8-9,16H,1-4,7,10-14H2. The van der Waals surface area contributed by atoms with Crippen molar-refractivity contribution in [2.45, 2.75) is 43.4 Å². The molecule has 0 bridgehead atoms. The van der Waals surface area contributed by atoms with E-state index in [1.54, 1.807) is 4.90 Å². The minimum Gasteiger partial charge on any atom is -0.340 e. The topological polar surface area (TPSA) is 81.5 Å². The Labute approximate surface area is 155 Å². The second-order valence-electron chi connectivity index (χ2n) is 7.11. The van der Waals surface area contributed by atoms with Crippen LogP contribution in [-0.2, 0) is 14.8 Å². The van der Waals surface area contributed by atoms with Crippen LogP contribution in [0.4, 0.5) is 0 Å². The van der Waals surface area contributed by atoms with Crippen LogP contribution in [0, 0.1) is 17.2 Å². The Balaban J connectivity index is 1.53. The van der Waals surface area contributed by atoms with Crippen molar-refractivity contribution in [3.05, 3.63) is 29.8 Å². The molecule has 0 radical (unpaired) electrons. The molecule has 1 aliphatic carbocycles. The van der Waals surface area contributed by atoms with E-state index in [1.807, 2.05) is 6.07 Å². The maximum atomic E-state index is 12.7. The van der Waals surface area contributed by atoms with Gasteiger partial charge in [-0.05, 0) is 36.6 Å². The summed E-state index contributed by atoms with van der Waals surface area (Å²) in [7, 11) is -3.58. The average Bonchev–Trinajstić information content (AvgIpc) is 3.20. The summed E-state index contributed by atoms with van der Waals surface area (Å²) in [5.41, 5.74) is 0.432. The fraction of sp³-hybridized carbons (Fsp3) is 0.579. The lowest BCUT2D eigenvalue weighted by molar-refractivity contribution is -0.132. The van der Waals surface area contributed by atoms with Gasteiger partial charge in [0.05, 0.1) is 16.5 Å². The molecule has 6 nitrogen and oxygen atoms in total. The largest absolute Gasteiger partial charge is 0.340 e. The number of carbonyl (C=O) groups is 1. The van der Waals surface area contributed by atoms with E-state index in [-0.39, 0.29) is 10.8 Å². The maximum absolute atomic E-state index is 12.7. The van der Waals surface area contributed by atoms with Crippen LogP contribution >= 0.6 is 0 Å². The van der Waals surface area contributed by atoms with Gasteiger partial charge < -0.3 is 4.90 Å². The molecule has 1 heterocycles. The number of nitrogens with zero attached hydrogens (tertiary/aromatic N) is 3. The number of nitriles is 1. The zero-order valence-electron chi connectivity index (χ0n) is 14.9. The molecule has 1 aliphatic heterocycles. The van der Waals surface area contributed by atoms with Gasteiger partial charge in [0, 0.05) is 32.6 Å². The van der Waals surface area contributed by atoms with E-state index in [1.165, 1.54) is 54.3 Å². The Kier molecular flexibility index (Phi) is 5.94. The summed E-state index contributed by atoms with van der Waals surface area (Å²) >= 11 is 0. The minimum atomic E-state index is -3.58. The second-order valence-corrected chi connectivity index (χ2v) is 9.05. The molecule has 1 amide bonds. The molecule has 3 rings (SSSR count). The fourth-order valence-electron chi connectivity index (χ4n) is 3.81.